The van der Waals surface area contributed by atoms with Gasteiger partial charge in [0.2, 0.25) is 5.75 Å². The fourth-order valence-electron chi connectivity index (χ4n) is 3.88. The van der Waals surface area contributed by atoms with E-state index in [1.807, 2.05) is 6.07 Å². The summed E-state index contributed by atoms with van der Waals surface area (Å²) in [6, 6.07) is 11.1. The fourth-order valence-corrected chi connectivity index (χ4v) is 3.88. The average molecular weight is 385 g/mol. The zero-order valence-corrected chi connectivity index (χ0v) is 17.7. The Hall–Kier alpha value is -2.40. The van der Waals surface area contributed by atoms with Gasteiger partial charge in [0.1, 0.15) is 0 Å². The lowest BCUT2D eigenvalue weighted by atomic mass is 10.0. The van der Waals surface area contributed by atoms with Gasteiger partial charge in [-0.1, -0.05) is 18.2 Å². The Balaban J connectivity index is 1.62. The summed E-state index contributed by atoms with van der Waals surface area (Å²) in [4.78, 5) is 2.48. The minimum atomic E-state index is 0.518. The van der Waals surface area contributed by atoms with Crippen LogP contribution < -0.4 is 19.5 Å². The van der Waals surface area contributed by atoms with Gasteiger partial charge in [-0.05, 0) is 49.9 Å². The highest BCUT2D eigenvalue weighted by molar-refractivity contribution is 5.56. The number of nitrogens with zero attached hydrogens (tertiary/aromatic N) is 1. The zero-order chi connectivity index (χ0) is 20.1. The maximum absolute atomic E-state index is 5.63. The zero-order valence-electron chi connectivity index (χ0n) is 17.7. The number of nitrogens with one attached hydrogen (secondary N) is 1. The van der Waals surface area contributed by atoms with Crippen LogP contribution in [0, 0.1) is 13.8 Å². The maximum atomic E-state index is 5.63. The predicted molar refractivity (Wildman–Crippen MR) is 114 cm³/mol. The summed E-state index contributed by atoms with van der Waals surface area (Å²) in [7, 11) is 4.97. The second-order valence-corrected chi connectivity index (χ2v) is 7.51. The molecule has 1 aliphatic rings. The number of piperidine rings is 1. The normalized spacial score (nSPS) is 15.3. The molecular weight excluding hydrogens is 352 g/mol. The molecule has 1 aliphatic heterocycles. The van der Waals surface area contributed by atoms with Crippen molar-refractivity contribution in [1.29, 1.82) is 0 Å². The average Bonchev–Trinajstić information content (AvgIpc) is 2.71. The van der Waals surface area contributed by atoms with Crippen molar-refractivity contribution in [2.75, 3.05) is 39.7 Å². The lowest BCUT2D eigenvalue weighted by Gasteiger charge is -2.33. The van der Waals surface area contributed by atoms with Gasteiger partial charge in [-0.3, -0.25) is 4.90 Å². The van der Waals surface area contributed by atoms with Gasteiger partial charge in [-0.2, -0.15) is 0 Å². The first kappa shape index (κ1) is 20.3. The van der Waals surface area contributed by atoms with E-state index in [0.717, 1.165) is 43.8 Å². The van der Waals surface area contributed by atoms with Gasteiger partial charge < -0.3 is 19.5 Å². The molecule has 5 heteroatoms. The van der Waals surface area contributed by atoms with Gasteiger partial charge in [0, 0.05) is 36.9 Å². The molecule has 0 unspecified atom stereocenters. The molecule has 152 valence electrons. The molecule has 0 spiro atoms. The van der Waals surface area contributed by atoms with Crippen LogP contribution in [-0.2, 0) is 6.54 Å². The number of anilines is 1. The number of methoxy groups -OCH3 is 3. The summed E-state index contributed by atoms with van der Waals surface area (Å²) >= 11 is 0. The van der Waals surface area contributed by atoms with E-state index in [4.69, 9.17) is 14.2 Å². The second-order valence-electron chi connectivity index (χ2n) is 7.51. The van der Waals surface area contributed by atoms with Gasteiger partial charge in [-0.25, -0.2) is 0 Å². The molecule has 1 heterocycles. The molecule has 1 fully saturated rings. The van der Waals surface area contributed by atoms with E-state index >= 15 is 0 Å². The lowest BCUT2D eigenvalue weighted by molar-refractivity contribution is 0.208. The van der Waals surface area contributed by atoms with E-state index in [2.05, 4.69) is 48.3 Å². The molecule has 0 bridgehead atoms. The third kappa shape index (κ3) is 4.53. The van der Waals surface area contributed by atoms with Crippen molar-refractivity contribution in [3.05, 3.63) is 47.0 Å². The molecular formula is C23H32N2O3. The van der Waals surface area contributed by atoms with E-state index in [9.17, 15) is 0 Å². The molecule has 5 nitrogen and oxygen atoms in total. The van der Waals surface area contributed by atoms with Crippen molar-refractivity contribution in [3.63, 3.8) is 0 Å². The quantitative estimate of drug-likeness (QED) is 0.766. The minimum absolute atomic E-state index is 0.518. The number of hydrogen-bond acceptors (Lipinski definition) is 5. The molecule has 28 heavy (non-hydrogen) atoms. The number of hydrogen-bond donors (Lipinski definition) is 1. The summed E-state index contributed by atoms with van der Waals surface area (Å²) in [5.74, 6) is 2.12. The molecule has 0 amide bonds. The SMILES string of the molecule is COc1ccc(CN2CCC(Nc3cc(C)ccc3C)CC2)c(OC)c1OC. The molecule has 1 saturated heterocycles. The van der Waals surface area contributed by atoms with Gasteiger partial charge >= 0.3 is 0 Å². The predicted octanol–water partition coefficient (Wildman–Crippen LogP) is 4.41. The van der Waals surface area contributed by atoms with Crippen LogP contribution >= 0.6 is 0 Å². The van der Waals surface area contributed by atoms with Gasteiger partial charge in [-0.15, -0.1) is 0 Å². The largest absolute Gasteiger partial charge is 0.493 e. The first-order valence-electron chi connectivity index (χ1n) is 9.89. The van der Waals surface area contributed by atoms with Crippen molar-refractivity contribution in [1.82, 2.24) is 4.90 Å². The van der Waals surface area contributed by atoms with Crippen LogP contribution in [0.15, 0.2) is 30.3 Å². The highest BCUT2D eigenvalue weighted by Gasteiger charge is 2.22. The Kier molecular flexibility index (Phi) is 6.68. The van der Waals surface area contributed by atoms with Crippen LogP contribution in [0.5, 0.6) is 17.2 Å². The highest BCUT2D eigenvalue weighted by Crippen LogP contribution is 2.40. The Morgan fingerprint density at radius 3 is 2.29 bits per heavy atom. The monoisotopic (exact) mass is 384 g/mol. The fraction of sp³-hybridized carbons (Fsp3) is 0.478. The number of likely N-dealkylation sites (tertiary alicyclic amines) is 1. The van der Waals surface area contributed by atoms with Crippen molar-refractivity contribution in [3.8, 4) is 17.2 Å². The first-order valence-corrected chi connectivity index (χ1v) is 9.89. The summed E-state index contributed by atoms with van der Waals surface area (Å²) < 4.78 is 16.5. The molecule has 1 N–H and O–H groups in total. The summed E-state index contributed by atoms with van der Waals surface area (Å²) in [6.45, 7) is 7.27. The van der Waals surface area contributed by atoms with Crippen molar-refractivity contribution < 1.29 is 14.2 Å². The molecule has 0 atom stereocenters. The van der Waals surface area contributed by atoms with Gasteiger partial charge in [0.25, 0.3) is 0 Å². The molecule has 0 radical (unpaired) electrons. The summed E-state index contributed by atoms with van der Waals surface area (Å²) in [6.07, 6.45) is 2.26. The van der Waals surface area contributed by atoms with Crippen LogP contribution in [0.2, 0.25) is 0 Å². The Labute approximate surface area is 168 Å². The summed E-state index contributed by atoms with van der Waals surface area (Å²) in [5, 5.41) is 3.74. The maximum Gasteiger partial charge on any atom is 0.203 e. The third-order valence-electron chi connectivity index (χ3n) is 5.52. The van der Waals surface area contributed by atoms with Crippen molar-refractivity contribution in [2.45, 2.75) is 39.3 Å². The minimum Gasteiger partial charge on any atom is -0.493 e. The molecule has 0 aliphatic carbocycles. The third-order valence-corrected chi connectivity index (χ3v) is 5.52. The molecule has 2 aromatic carbocycles. The molecule has 2 aromatic rings. The molecule has 0 saturated carbocycles. The van der Waals surface area contributed by atoms with E-state index in [-0.39, 0.29) is 0 Å². The Morgan fingerprint density at radius 1 is 0.929 bits per heavy atom. The first-order chi connectivity index (χ1) is 13.5. The van der Waals surface area contributed by atoms with Crippen LogP contribution in [0.1, 0.15) is 29.5 Å². The van der Waals surface area contributed by atoms with Gasteiger partial charge in [0.05, 0.1) is 21.3 Å². The second kappa shape index (κ2) is 9.20. The number of aryl methyl sites for hydroxylation is 2. The topological polar surface area (TPSA) is 43.0 Å². The summed E-state index contributed by atoms with van der Waals surface area (Å²) in [5.41, 5.74) is 5.00. The van der Waals surface area contributed by atoms with Crippen LogP contribution in [0.25, 0.3) is 0 Å². The van der Waals surface area contributed by atoms with E-state index in [1.54, 1.807) is 21.3 Å². The smallest absolute Gasteiger partial charge is 0.203 e. The van der Waals surface area contributed by atoms with Crippen LogP contribution in [0.4, 0.5) is 5.69 Å². The van der Waals surface area contributed by atoms with Crippen molar-refractivity contribution in [2.24, 2.45) is 0 Å². The standard InChI is InChI=1S/C23H32N2O3/c1-16-6-7-17(2)20(14-16)24-19-10-12-25(13-11-19)15-18-8-9-21(26-3)23(28-5)22(18)27-4/h6-9,14,19,24H,10-13,15H2,1-5H3. The van der Waals surface area contributed by atoms with Crippen LogP contribution in [0.3, 0.4) is 0 Å². The Bertz CT molecular complexity index is 799. The number of rotatable bonds is 7. The Morgan fingerprint density at radius 2 is 1.64 bits per heavy atom. The molecule has 3 rings (SSSR count). The van der Waals surface area contributed by atoms with E-state index in [0.29, 0.717) is 17.5 Å². The van der Waals surface area contributed by atoms with Gasteiger partial charge in [0.15, 0.2) is 11.5 Å². The lowest BCUT2D eigenvalue weighted by Crippen LogP contribution is -2.38. The highest BCUT2D eigenvalue weighted by atomic mass is 16.5. The van der Waals surface area contributed by atoms with Crippen LogP contribution in [-0.4, -0.2) is 45.4 Å². The molecule has 0 aromatic heterocycles. The van der Waals surface area contributed by atoms with E-state index < -0.39 is 0 Å². The van der Waals surface area contributed by atoms with Crippen molar-refractivity contribution >= 4 is 5.69 Å². The van der Waals surface area contributed by atoms with E-state index in [1.165, 1.54) is 16.8 Å². The number of ether oxygens (including phenoxy) is 3. The number of benzene rings is 2.